The maximum Gasteiger partial charge on any atom is 0.331 e. The van der Waals surface area contributed by atoms with Gasteiger partial charge in [-0.15, -0.1) is 0 Å². The molecule has 48 heavy (non-hydrogen) atoms. The van der Waals surface area contributed by atoms with E-state index in [1.165, 1.54) is 0 Å². The van der Waals surface area contributed by atoms with Crippen LogP contribution in [0.4, 0.5) is 0 Å². The Bertz CT molecular complexity index is 1240. The van der Waals surface area contributed by atoms with Crippen LogP contribution in [0.15, 0.2) is 11.6 Å². The van der Waals surface area contributed by atoms with Crippen molar-refractivity contribution in [1.29, 1.82) is 0 Å². The van der Waals surface area contributed by atoms with Crippen molar-refractivity contribution in [2.24, 2.45) is 34.5 Å². The summed E-state index contributed by atoms with van der Waals surface area (Å²) in [4.78, 5) is 11.9. The van der Waals surface area contributed by atoms with E-state index < -0.39 is 73.6 Å². The Balaban J connectivity index is 0.977. The molecule has 0 aromatic carbocycles. The van der Waals surface area contributed by atoms with E-state index in [1.54, 1.807) is 13.0 Å². The van der Waals surface area contributed by atoms with Crippen molar-refractivity contribution in [3.8, 4) is 0 Å². The number of cyclic esters (lactones) is 1. The molecule has 0 unspecified atom stereocenters. The summed E-state index contributed by atoms with van der Waals surface area (Å²) in [5.74, 6) is 0.825. The summed E-state index contributed by atoms with van der Waals surface area (Å²) in [5, 5.41) is 74.7. The van der Waals surface area contributed by atoms with Crippen molar-refractivity contribution in [2.75, 3.05) is 13.2 Å². The van der Waals surface area contributed by atoms with E-state index in [2.05, 4.69) is 13.8 Å². The summed E-state index contributed by atoms with van der Waals surface area (Å²) in [5.41, 5.74) is 0.00280. The predicted molar refractivity (Wildman–Crippen MR) is 166 cm³/mol. The second-order valence-electron chi connectivity index (χ2n) is 16.3. The zero-order valence-corrected chi connectivity index (χ0v) is 28.1. The minimum Gasteiger partial charge on any atom is -0.458 e. The number of rotatable bonds is 6. The van der Waals surface area contributed by atoms with Crippen LogP contribution in [0.1, 0.15) is 78.6 Å². The van der Waals surface area contributed by atoms with Crippen LogP contribution in [-0.2, 0) is 28.5 Å². The molecule has 7 N–H and O–H groups in total. The van der Waals surface area contributed by atoms with Crippen LogP contribution in [0, 0.1) is 34.5 Å². The summed E-state index contributed by atoms with van der Waals surface area (Å²) in [6.45, 7) is 5.97. The quantitative estimate of drug-likeness (QED) is 0.149. The number of hydrogen-bond acceptors (Lipinski definition) is 13. The molecule has 18 atom stereocenters. The van der Waals surface area contributed by atoms with Gasteiger partial charge in [0.1, 0.15) is 49.3 Å². The van der Waals surface area contributed by atoms with Gasteiger partial charge in [-0.25, -0.2) is 4.79 Å². The topological polar surface area (TPSA) is 205 Å². The van der Waals surface area contributed by atoms with Crippen molar-refractivity contribution in [3.63, 3.8) is 0 Å². The maximum absolute atomic E-state index is 12.5. The third kappa shape index (κ3) is 5.42. The molecule has 6 fully saturated rings. The Morgan fingerprint density at radius 2 is 1.56 bits per heavy atom. The summed E-state index contributed by atoms with van der Waals surface area (Å²) in [7, 11) is 0. The molecule has 272 valence electrons. The number of carbonyl (C=O) groups excluding carboxylic acids is 1. The fourth-order valence-electron chi connectivity index (χ4n) is 11.3. The van der Waals surface area contributed by atoms with Crippen LogP contribution in [0.5, 0.6) is 0 Å². The van der Waals surface area contributed by atoms with Crippen molar-refractivity contribution in [2.45, 2.75) is 152 Å². The van der Waals surface area contributed by atoms with E-state index in [4.69, 9.17) is 23.7 Å². The van der Waals surface area contributed by atoms with Gasteiger partial charge in [-0.3, -0.25) is 0 Å². The predicted octanol–water partition coefficient (Wildman–Crippen LogP) is 0.280. The van der Waals surface area contributed by atoms with Crippen molar-refractivity contribution >= 4 is 5.97 Å². The van der Waals surface area contributed by atoms with Crippen molar-refractivity contribution in [1.82, 2.24) is 0 Å². The fourth-order valence-corrected chi connectivity index (χ4v) is 11.3. The molecule has 13 nitrogen and oxygen atoms in total. The second-order valence-corrected chi connectivity index (χ2v) is 16.3. The smallest absolute Gasteiger partial charge is 0.331 e. The Kier molecular flexibility index (Phi) is 9.36. The molecule has 4 aliphatic carbocycles. The lowest BCUT2D eigenvalue weighted by atomic mass is 9.43. The lowest BCUT2D eigenvalue weighted by molar-refractivity contribution is -0.360. The molecule has 13 heteroatoms. The number of aliphatic hydroxyl groups excluding tert-OH is 6. The molecular weight excluding hydrogens is 628 g/mol. The number of hydrogen-bond donors (Lipinski definition) is 7. The number of esters is 1. The average molecular weight is 683 g/mol. The van der Waals surface area contributed by atoms with Crippen LogP contribution in [0.2, 0.25) is 0 Å². The number of carbonyl (C=O) groups is 1. The fraction of sp³-hybridized carbons (Fsp3) is 0.914. The number of fused-ring (bicyclic) bond motifs is 5. The molecule has 3 heterocycles. The van der Waals surface area contributed by atoms with E-state index in [0.717, 1.165) is 63.4 Å². The van der Waals surface area contributed by atoms with Crippen molar-refractivity contribution in [3.05, 3.63) is 11.6 Å². The minimum atomic E-state index is -1.65. The van der Waals surface area contributed by atoms with Gasteiger partial charge in [0.2, 0.25) is 0 Å². The minimum absolute atomic E-state index is 0.0345. The van der Waals surface area contributed by atoms with Gasteiger partial charge >= 0.3 is 5.97 Å². The summed E-state index contributed by atoms with van der Waals surface area (Å²) in [6, 6.07) is 0. The molecule has 0 spiro atoms. The Morgan fingerprint density at radius 1 is 0.833 bits per heavy atom. The molecule has 3 aliphatic heterocycles. The van der Waals surface area contributed by atoms with Gasteiger partial charge in [-0.1, -0.05) is 13.8 Å². The first-order valence-corrected chi connectivity index (χ1v) is 17.9. The van der Waals surface area contributed by atoms with E-state index in [-0.39, 0.29) is 34.7 Å². The highest BCUT2D eigenvalue weighted by molar-refractivity contribution is 5.85. The molecule has 0 amide bonds. The SMILES string of the molecule is C[C@@H]1O[C@H](O[C@@H]2CC[C@@]3(C)[C@H](CC[C@H]4[C@@H]3CC[C@]3(C)[C@@H](C5=CC(=O)OC5)CC[C@]43O)C2)[C@H](O)[C@H](O)[C@H]1O[C@H]1O[C@@H](CO)[C@H](O)[C@@H](O)[C@@H]1O. The Hall–Kier alpha value is -1.23. The molecule has 0 aromatic rings. The summed E-state index contributed by atoms with van der Waals surface area (Å²) in [6.07, 6.45) is -4.12. The monoisotopic (exact) mass is 682 g/mol. The van der Waals surface area contributed by atoms with E-state index >= 15 is 0 Å². The largest absolute Gasteiger partial charge is 0.458 e. The third-order valence-electron chi connectivity index (χ3n) is 14.2. The first kappa shape index (κ1) is 35.2. The summed E-state index contributed by atoms with van der Waals surface area (Å²) < 4.78 is 28.8. The van der Waals surface area contributed by atoms with Gasteiger partial charge in [0.15, 0.2) is 12.6 Å². The standard InChI is InChI=1S/C35H54O13/c1-16-30(48-32-28(41)26(39)25(38)23(14-36)47-32)27(40)29(42)31(45-16)46-19-6-9-33(2)18(13-19)4-5-22-21(33)7-10-34(3)20(8-11-35(22,34)43)17-12-24(37)44-15-17/h12,16,18-23,25-32,36,38-43H,4-11,13-15H2,1-3H3/t16-,18+,19+,20+,21-,22-,23-,25-,26+,27-,28-,29+,30-,31+,32+,33-,34+,35-/m0/s1. The van der Waals surface area contributed by atoms with E-state index in [0.29, 0.717) is 18.4 Å². The summed E-state index contributed by atoms with van der Waals surface area (Å²) >= 11 is 0. The van der Waals surface area contributed by atoms with Crippen LogP contribution in [-0.4, -0.2) is 128 Å². The van der Waals surface area contributed by atoms with Crippen LogP contribution in [0.3, 0.4) is 0 Å². The molecule has 0 bridgehead atoms. The van der Waals surface area contributed by atoms with Gasteiger partial charge in [0.05, 0.1) is 24.4 Å². The molecule has 7 rings (SSSR count). The normalized spacial score (nSPS) is 55.3. The molecular formula is C35H54O13. The van der Waals surface area contributed by atoms with Gasteiger partial charge in [-0.2, -0.15) is 0 Å². The first-order chi connectivity index (χ1) is 22.7. The van der Waals surface area contributed by atoms with Crippen LogP contribution in [0.25, 0.3) is 0 Å². The first-order valence-electron chi connectivity index (χ1n) is 17.9. The number of aliphatic hydroxyl groups is 7. The second kappa shape index (κ2) is 12.8. The van der Waals surface area contributed by atoms with Gasteiger partial charge < -0.3 is 59.4 Å². The lowest BCUT2D eigenvalue weighted by Gasteiger charge is -2.64. The highest BCUT2D eigenvalue weighted by Gasteiger charge is 2.68. The Morgan fingerprint density at radius 3 is 2.27 bits per heavy atom. The number of ether oxygens (including phenoxy) is 5. The average Bonchev–Trinajstić information content (AvgIpc) is 3.61. The third-order valence-corrected chi connectivity index (χ3v) is 14.2. The van der Waals surface area contributed by atoms with Gasteiger partial charge in [0, 0.05) is 11.5 Å². The lowest BCUT2D eigenvalue weighted by Crippen LogP contribution is -2.64. The van der Waals surface area contributed by atoms with Gasteiger partial charge in [0.25, 0.3) is 0 Å². The maximum atomic E-state index is 12.5. The molecule has 0 aromatic heterocycles. The highest BCUT2D eigenvalue weighted by Crippen LogP contribution is 2.70. The zero-order valence-electron chi connectivity index (χ0n) is 28.1. The van der Waals surface area contributed by atoms with Gasteiger partial charge in [-0.05, 0) is 99.4 Å². The van der Waals surface area contributed by atoms with E-state index in [1.807, 2.05) is 0 Å². The molecule has 7 aliphatic rings. The molecule has 0 radical (unpaired) electrons. The van der Waals surface area contributed by atoms with E-state index in [9.17, 15) is 40.5 Å². The zero-order chi connectivity index (χ0) is 34.3. The Labute approximate surface area is 281 Å². The van der Waals surface area contributed by atoms with Crippen LogP contribution < -0.4 is 0 Å². The van der Waals surface area contributed by atoms with Crippen LogP contribution >= 0.6 is 0 Å². The van der Waals surface area contributed by atoms with Crippen molar-refractivity contribution < 1.29 is 64.2 Å². The molecule has 2 saturated heterocycles. The highest BCUT2D eigenvalue weighted by atomic mass is 16.7. The molecule has 4 saturated carbocycles.